The van der Waals surface area contributed by atoms with Gasteiger partial charge in [0.15, 0.2) is 0 Å². The van der Waals surface area contributed by atoms with Gasteiger partial charge in [-0.25, -0.2) is 4.79 Å². The summed E-state index contributed by atoms with van der Waals surface area (Å²) in [5.41, 5.74) is 5.64. The van der Waals surface area contributed by atoms with Crippen LogP contribution in [0.1, 0.15) is 38.8 Å². The van der Waals surface area contributed by atoms with Gasteiger partial charge in [-0.1, -0.05) is 30.3 Å². The highest BCUT2D eigenvalue weighted by Crippen LogP contribution is 2.20. The number of rotatable bonds is 6. The predicted octanol–water partition coefficient (Wildman–Crippen LogP) is 1.79. The molecular formula is C15H22N2O3. The van der Waals surface area contributed by atoms with Crippen LogP contribution in [0.25, 0.3) is 0 Å². The maximum absolute atomic E-state index is 12.3. The number of carboxylic acid groups (broad SMARTS) is 1. The Balaban J connectivity index is 2.81. The number of nitrogens with two attached hydrogens (primary N) is 1. The molecule has 0 aromatic heterocycles. The molecule has 0 aliphatic rings. The van der Waals surface area contributed by atoms with Crippen molar-refractivity contribution in [3.05, 3.63) is 35.9 Å². The molecular weight excluding hydrogens is 256 g/mol. The molecule has 0 heterocycles. The van der Waals surface area contributed by atoms with Gasteiger partial charge in [0.2, 0.25) is 5.91 Å². The number of carbonyl (C=O) groups excluding carboxylic acids is 1. The fraction of sp³-hybridized carbons (Fsp3) is 0.467. The average molecular weight is 278 g/mol. The molecule has 1 atom stereocenters. The van der Waals surface area contributed by atoms with Crippen LogP contribution in [0.5, 0.6) is 0 Å². The Hall–Kier alpha value is -1.88. The van der Waals surface area contributed by atoms with E-state index in [0.29, 0.717) is 6.54 Å². The zero-order valence-corrected chi connectivity index (χ0v) is 12.2. The van der Waals surface area contributed by atoms with Gasteiger partial charge in [0.25, 0.3) is 0 Å². The number of likely N-dealkylation sites (N-methyl/N-ethyl adjacent to an activating group) is 1. The standard InChI is InChI=1S/C15H22N2O3/c1-4-17(15(2,3)14(19)20)13(18)10-12(16)11-8-6-5-7-9-11/h5-9,12H,4,10,16H2,1-3H3,(H,19,20). The highest BCUT2D eigenvalue weighted by atomic mass is 16.4. The maximum Gasteiger partial charge on any atom is 0.329 e. The lowest BCUT2D eigenvalue weighted by Crippen LogP contribution is -2.53. The van der Waals surface area contributed by atoms with Crippen molar-refractivity contribution in [3.63, 3.8) is 0 Å². The Kier molecular flexibility index (Phi) is 5.27. The summed E-state index contributed by atoms with van der Waals surface area (Å²) in [5, 5.41) is 9.22. The second kappa shape index (κ2) is 6.52. The minimum absolute atomic E-state index is 0.0918. The Morgan fingerprint density at radius 1 is 1.30 bits per heavy atom. The van der Waals surface area contributed by atoms with Gasteiger partial charge in [0, 0.05) is 19.0 Å². The van der Waals surface area contributed by atoms with E-state index in [4.69, 9.17) is 5.73 Å². The second-order valence-corrected chi connectivity index (χ2v) is 5.22. The molecule has 0 bridgehead atoms. The molecule has 0 radical (unpaired) electrons. The topological polar surface area (TPSA) is 83.6 Å². The molecule has 3 N–H and O–H groups in total. The fourth-order valence-electron chi connectivity index (χ4n) is 2.12. The fourth-order valence-corrected chi connectivity index (χ4v) is 2.12. The molecule has 0 saturated carbocycles. The normalized spacial score (nSPS) is 12.8. The zero-order chi connectivity index (χ0) is 15.3. The number of benzene rings is 1. The molecule has 1 unspecified atom stereocenters. The first-order valence-corrected chi connectivity index (χ1v) is 6.65. The van der Waals surface area contributed by atoms with Crippen molar-refractivity contribution in [2.24, 2.45) is 5.73 Å². The maximum atomic E-state index is 12.3. The van der Waals surface area contributed by atoms with Crippen molar-refractivity contribution in [1.82, 2.24) is 4.90 Å². The number of hydrogen-bond acceptors (Lipinski definition) is 3. The Bertz CT molecular complexity index is 471. The van der Waals surface area contributed by atoms with Crippen LogP contribution in [0, 0.1) is 0 Å². The summed E-state index contributed by atoms with van der Waals surface area (Å²) in [6, 6.07) is 8.89. The van der Waals surface area contributed by atoms with Crippen LogP contribution in [0.4, 0.5) is 0 Å². The summed E-state index contributed by atoms with van der Waals surface area (Å²) in [4.78, 5) is 24.9. The van der Waals surface area contributed by atoms with E-state index in [2.05, 4.69) is 0 Å². The highest BCUT2D eigenvalue weighted by Gasteiger charge is 2.37. The monoisotopic (exact) mass is 278 g/mol. The van der Waals surface area contributed by atoms with E-state index in [1.807, 2.05) is 30.3 Å². The van der Waals surface area contributed by atoms with E-state index < -0.39 is 17.6 Å². The Labute approximate surface area is 119 Å². The van der Waals surface area contributed by atoms with Gasteiger partial charge in [0.1, 0.15) is 5.54 Å². The van der Waals surface area contributed by atoms with Crippen LogP contribution in [-0.4, -0.2) is 34.0 Å². The summed E-state index contributed by atoms with van der Waals surface area (Å²) in [7, 11) is 0. The minimum Gasteiger partial charge on any atom is -0.480 e. The third kappa shape index (κ3) is 3.57. The van der Waals surface area contributed by atoms with E-state index in [0.717, 1.165) is 5.56 Å². The lowest BCUT2D eigenvalue weighted by atomic mass is 9.99. The molecule has 0 spiro atoms. The lowest BCUT2D eigenvalue weighted by molar-refractivity contribution is -0.156. The smallest absolute Gasteiger partial charge is 0.329 e. The van der Waals surface area contributed by atoms with Gasteiger partial charge in [-0.3, -0.25) is 4.79 Å². The van der Waals surface area contributed by atoms with Gasteiger partial charge in [-0.05, 0) is 26.3 Å². The van der Waals surface area contributed by atoms with E-state index in [1.165, 1.54) is 18.7 Å². The summed E-state index contributed by atoms with van der Waals surface area (Å²) < 4.78 is 0. The van der Waals surface area contributed by atoms with E-state index in [-0.39, 0.29) is 12.3 Å². The van der Waals surface area contributed by atoms with Crippen LogP contribution < -0.4 is 5.73 Å². The summed E-state index contributed by atoms with van der Waals surface area (Å²) in [6.45, 7) is 5.13. The van der Waals surface area contributed by atoms with Gasteiger partial charge in [-0.15, -0.1) is 0 Å². The number of carbonyl (C=O) groups is 2. The molecule has 5 heteroatoms. The first kappa shape index (κ1) is 16.2. The number of hydrogen-bond donors (Lipinski definition) is 2. The molecule has 20 heavy (non-hydrogen) atoms. The number of carboxylic acids is 1. The van der Waals surface area contributed by atoms with Gasteiger partial charge in [-0.2, -0.15) is 0 Å². The minimum atomic E-state index is -1.23. The zero-order valence-electron chi connectivity index (χ0n) is 12.2. The molecule has 5 nitrogen and oxygen atoms in total. The van der Waals surface area contributed by atoms with E-state index in [9.17, 15) is 14.7 Å². The molecule has 1 amide bonds. The number of nitrogens with zero attached hydrogens (tertiary/aromatic N) is 1. The molecule has 1 aromatic carbocycles. The summed E-state index contributed by atoms with van der Waals surface area (Å²) >= 11 is 0. The van der Waals surface area contributed by atoms with Crippen molar-refractivity contribution in [2.75, 3.05) is 6.54 Å². The van der Waals surface area contributed by atoms with Crippen molar-refractivity contribution < 1.29 is 14.7 Å². The van der Waals surface area contributed by atoms with Crippen molar-refractivity contribution >= 4 is 11.9 Å². The molecule has 1 aromatic rings. The van der Waals surface area contributed by atoms with Crippen LogP contribution in [-0.2, 0) is 9.59 Å². The molecule has 0 saturated heterocycles. The molecule has 110 valence electrons. The number of amides is 1. The molecule has 1 rings (SSSR count). The SMILES string of the molecule is CCN(C(=O)CC(N)c1ccccc1)C(C)(C)C(=O)O. The van der Waals surface area contributed by atoms with E-state index in [1.54, 1.807) is 6.92 Å². The third-order valence-corrected chi connectivity index (χ3v) is 3.44. The number of aliphatic carboxylic acids is 1. The quantitative estimate of drug-likeness (QED) is 0.831. The molecule has 0 aliphatic heterocycles. The highest BCUT2D eigenvalue weighted by molar-refractivity contribution is 5.86. The average Bonchev–Trinajstić information content (AvgIpc) is 2.39. The second-order valence-electron chi connectivity index (χ2n) is 5.22. The predicted molar refractivity (Wildman–Crippen MR) is 77.1 cm³/mol. The molecule has 0 aliphatic carbocycles. The first-order valence-electron chi connectivity index (χ1n) is 6.65. The Morgan fingerprint density at radius 2 is 1.85 bits per heavy atom. The summed E-state index contributed by atoms with van der Waals surface area (Å²) in [5.74, 6) is -1.28. The summed E-state index contributed by atoms with van der Waals surface area (Å²) in [6.07, 6.45) is 0.0918. The first-order chi connectivity index (χ1) is 9.30. The van der Waals surface area contributed by atoms with Crippen molar-refractivity contribution in [3.8, 4) is 0 Å². The van der Waals surface area contributed by atoms with Crippen LogP contribution in [0.15, 0.2) is 30.3 Å². The van der Waals surface area contributed by atoms with Crippen LogP contribution >= 0.6 is 0 Å². The van der Waals surface area contributed by atoms with Gasteiger partial charge in [0.05, 0.1) is 0 Å². The van der Waals surface area contributed by atoms with Gasteiger partial charge < -0.3 is 15.7 Å². The lowest BCUT2D eigenvalue weighted by Gasteiger charge is -2.35. The third-order valence-electron chi connectivity index (χ3n) is 3.44. The molecule has 0 fully saturated rings. The van der Waals surface area contributed by atoms with Gasteiger partial charge >= 0.3 is 5.97 Å². The van der Waals surface area contributed by atoms with E-state index >= 15 is 0 Å². The van der Waals surface area contributed by atoms with Crippen LogP contribution in [0.2, 0.25) is 0 Å². The Morgan fingerprint density at radius 3 is 2.30 bits per heavy atom. The van der Waals surface area contributed by atoms with Crippen molar-refractivity contribution in [1.29, 1.82) is 0 Å². The van der Waals surface area contributed by atoms with Crippen molar-refractivity contribution in [2.45, 2.75) is 38.8 Å². The van der Waals surface area contributed by atoms with Crippen LogP contribution in [0.3, 0.4) is 0 Å². The largest absolute Gasteiger partial charge is 0.480 e.